The molecule has 0 aliphatic rings. The van der Waals surface area contributed by atoms with Gasteiger partial charge in [-0.25, -0.2) is 0 Å². The molecule has 2 aromatic heterocycles. The van der Waals surface area contributed by atoms with Gasteiger partial charge in [0.2, 0.25) is 0 Å². The van der Waals surface area contributed by atoms with Crippen molar-refractivity contribution >= 4 is 34.8 Å². The van der Waals surface area contributed by atoms with E-state index in [1.54, 1.807) is 47.4 Å². The van der Waals surface area contributed by atoms with Gasteiger partial charge in [-0.1, -0.05) is 43.1 Å². The third-order valence-electron chi connectivity index (χ3n) is 6.73. The van der Waals surface area contributed by atoms with Gasteiger partial charge < -0.3 is 14.3 Å². The molecule has 0 saturated heterocycles. The second kappa shape index (κ2) is 14.0. The number of halogens is 2. The Morgan fingerprint density at radius 2 is 1.72 bits per heavy atom. The maximum atomic E-state index is 13.8. The number of Topliss-reactive ketones (excluding diaryl/α,β-unsaturated/α-hetero) is 2. The zero-order chi connectivity index (χ0) is 28.7. The molecule has 2 heterocycles. The summed E-state index contributed by atoms with van der Waals surface area (Å²) in [6, 6.07) is 10.1. The van der Waals surface area contributed by atoms with Crippen LogP contribution in [0.25, 0.3) is 11.1 Å². The quantitative estimate of drug-likeness (QED) is 0.231. The Balaban J connectivity index is 1.94. The fourth-order valence-electron chi connectivity index (χ4n) is 4.77. The van der Waals surface area contributed by atoms with Crippen LogP contribution in [0.3, 0.4) is 0 Å². The molecule has 0 aliphatic heterocycles. The highest BCUT2D eigenvalue weighted by Crippen LogP contribution is 2.36. The van der Waals surface area contributed by atoms with E-state index in [0.717, 1.165) is 24.1 Å². The summed E-state index contributed by atoms with van der Waals surface area (Å²) >= 11 is 12.9. The first-order valence-corrected chi connectivity index (χ1v) is 14.0. The van der Waals surface area contributed by atoms with Crippen LogP contribution in [0.2, 0.25) is 10.0 Å². The van der Waals surface area contributed by atoms with Crippen molar-refractivity contribution in [2.45, 2.75) is 58.4 Å². The lowest BCUT2D eigenvalue weighted by atomic mass is 9.86. The van der Waals surface area contributed by atoms with Crippen LogP contribution in [0.1, 0.15) is 63.1 Å². The Kier molecular flexibility index (Phi) is 11.0. The topological polar surface area (TPSA) is 72.3 Å². The zero-order valence-electron chi connectivity index (χ0n) is 23.3. The number of hydrogen-bond acceptors (Lipinski definition) is 5. The van der Waals surface area contributed by atoms with Crippen LogP contribution in [0.4, 0.5) is 0 Å². The molecule has 1 aromatic carbocycles. The van der Waals surface area contributed by atoms with Gasteiger partial charge in [-0.05, 0) is 81.1 Å². The maximum absolute atomic E-state index is 13.8. The van der Waals surface area contributed by atoms with Crippen LogP contribution in [-0.2, 0) is 16.0 Å². The molecule has 0 N–H and O–H groups in total. The molecule has 8 heteroatoms. The third kappa shape index (κ3) is 8.59. The number of pyridine rings is 2. The smallest absolute Gasteiger partial charge is 0.251 e. The molecule has 0 fully saturated rings. The van der Waals surface area contributed by atoms with Crippen molar-refractivity contribution in [2.75, 3.05) is 20.6 Å². The molecular formula is C31H37Cl2N3O3. The van der Waals surface area contributed by atoms with Gasteiger partial charge in [0.05, 0.1) is 6.04 Å². The number of carbonyl (C=O) groups is 2. The molecule has 3 rings (SSSR count). The Morgan fingerprint density at radius 1 is 1.03 bits per heavy atom. The molecule has 2 atom stereocenters. The molecule has 208 valence electrons. The number of rotatable bonds is 13. The van der Waals surface area contributed by atoms with Gasteiger partial charge >= 0.3 is 0 Å². The molecule has 0 spiro atoms. The van der Waals surface area contributed by atoms with Crippen molar-refractivity contribution in [1.29, 1.82) is 0 Å². The van der Waals surface area contributed by atoms with Crippen molar-refractivity contribution in [1.82, 2.24) is 14.5 Å². The molecule has 0 saturated carbocycles. The van der Waals surface area contributed by atoms with E-state index in [9.17, 15) is 14.4 Å². The number of hydrogen-bond donors (Lipinski definition) is 0. The molecule has 39 heavy (non-hydrogen) atoms. The van der Waals surface area contributed by atoms with Crippen molar-refractivity contribution in [3.05, 3.63) is 86.5 Å². The summed E-state index contributed by atoms with van der Waals surface area (Å²) in [4.78, 5) is 45.6. The van der Waals surface area contributed by atoms with Crippen molar-refractivity contribution < 1.29 is 9.59 Å². The summed E-state index contributed by atoms with van der Waals surface area (Å²) in [6.45, 7) is 6.41. The third-order valence-corrected chi connectivity index (χ3v) is 7.36. The van der Waals surface area contributed by atoms with E-state index in [1.165, 1.54) is 6.92 Å². The average Bonchev–Trinajstić information content (AvgIpc) is 2.85. The normalized spacial score (nSPS) is 13.1. The van der Waals surface area contributed by atoms with E-state index in [0.29, 0.717) is 27.6 Å². The number of ketones is 2. The number of nitrogens with zero attached hydrogens (tertiary/aromatic N) is 3. The molecule has 0 radical (unpaired) electrons. The first kappa shape index (κ1) is 30.7. The number of benzene rings is 1. The van der Waals surface area contributed by atoms with E-state index in [1.807, 2.05) is 40.1 Å². The minimum Gasteiger partial charge on any atom is -0.309 e. The molecule has 6 nitrogen and oxygen atoms in total. The highest BCUT2D eigenvalue weighted by Gasteiger charge is 2.27. The summed E-state index contributed by atoms with van der Waals surface area (Å²) in [5, 5.41) is 0.983. The van der Waals surface area contributed by atoms with Crippen LogP contribution < -0.4 is 5.56 Å². The summed E-state index contributed by atoms with van der Waals surface area (Å²) in [5.41, 5.74) is 2.87. The molecule has 0 bridgehead atoms. The molecular weight excluding hydrogens is 533 g/mol. The first-order valence-electron chi connectivity index (χ1n) is 13.2. The molecule has 0 unspecified atom stereocenters. The Bertz CT molecular complexity index is 1350. The van der Waals surface area contributed by atoms with Crippen LogP contribution in [0.5, 0.6) is 0 Å². The van der Waals surface area contributed by atoms with Crippen molar-refractivity contribution in [3.63, 3.8) is 0 Å². The fourth-order valence-corrected chi connectivity index (χ4v) is 5.38. The van der Waals surface area contributed by atoms with E-state index in [2.05, 4.69) is 9.88 Å². The predicted molar refractivity (Wildman–Crippen MR) is 159 cm³/mol. The number of carbonyl (C=O) groups excluding carboxylic acids is 2. The van der Waals surface area contributed by atoms with Gasteiger partial charge in [-0.2, -0.15) is 0 Å². The van der Waals surface area contributed by atoms with Crippen LogP contribution in [0.15, 0.2) is 59.8 Å². The fraction of sp³-hybridized carbons (Fsp3) is 0.419. The highest BCUT2D eigenvalue weighted by atomic mass is 35.5. The Labute approximate surface area is 241 Å². The Hall–Kier alpha value is -2.80. The van der Waals surface area contributed by atoms with Crippen molar-refractivity contribution in [2.24, 2.45) is 5.92 Å². The minimum atomic E-state index is -0.621. The highest BCUT2D eigenvalue weighted by molar-refractivity contribution is 6.39. The number of aromatic nitrogens is 2. The van der Waals surface area contributed by atoms with Gasteiger partial charge in [-0.3, -0.25) is 14.6 Å². The lowest BCUT2D eigenvalue weighted by Crippen LogP contribution is -2.31. The minimum absolute atomic E-state index is 0.0307. The summed E-state index contributed by atoms with van der Waals surface area (Å²) in [6.07, 6.45) is 6.65. The predicted octanol–water partition coefficient (Wildman–Crippen LogP) is 6.63. The van der Waals surface area contributed by atoms with Crippen LogP contribution in [0, 0.1) is 5.92 Å². The van der Waals surface area contributed by atoms with Gasteiger partial charge in [0.25, 0.3) is 5.56 Å². The summed E-state index contributed by atoms with van der Waals surface area (Å²) in [5.74, 6) is -0.317. The second-order valence-corrected chi connectivity index (χ2v) is 11.7. The SMILES string of the molecule is CC(=O)C[C@H](CC(=O)[C@H](CC(C)C)n1ccc(CCN(C)C)cc1=O)c1cncc(-c2c(Cl)cccc2Cl)c1. The average molecular weight is 571 g/mol. The lowest BCUT2D eigenvalue weighted by Gasteiger charge is -2.24. The molecule has 3 aromatic rings. The summed E-state index contributed by atoms with van der Waals surface area (Å²) in [7, 11) is 3.98. The second-order valence-electron chi connectivity index (χ2n) is 10.9. The van der Waals surface area contributed by atoms with Gasteiger partial charge in [0, 0.05) is 65.2 Å². The van der Waals surface area contributed by atoms with Gasteiger partial charge in [0.15, 0.2) is 5.78 Å². The van der Waals surface area contributed by atoms with Crippen LogP contribution >= 0.6 is 23.2 Å². The molecule has 0 aliphatic carbocycles. The maximum Gasteiger partial charge on any atom is 0.251 e. The monoisotopic (exact) mass is 569 g/mol. The van der Waals surface area contributed by atoms with Gasteiger partial charge in [-0.15, -0.1) is 0 Å². The largest absolute Gasteiger partial charge is 0.309 e. The Morgan fingerprint density at radius 3 is 2.31 bits per heavy atom. The van der Waals surface area contributed by atoms with E-state index < -0.39 is 12.0 Å². The van der Waals surface area contributed by atoms with Gasteiger partial charge in [0.1, 0.15) is 5.78 Å². The van der Waals surface area contributed by atoms with Crippen molar-refractivity contribution in [3.8, 4) is 11.1 Å². The summed E-state index contributed by atoms with van der Waals surface area (Å²) < 4.78 is 1.55. The lowest BCUT2D eigenvalue weighted by molar-refractivity contribution is -0.123. The van der Waals surface area contributed by atoms with E-state index >= 15 is 0 Å². The standard InChI is InChI=1S/C31H37Cl2N3O3/c1-20(2)13-28(36-12-10-22(15-30(36)39)9-11-35(4)5)29(38)17-23(14-21(3)37)24-16-25(19-34-18-24)31-26(32)7-6-8-27(31)33/h6-8,10,12,15-16,18-20,23,28H,9,11,13-14,17H2,1-5H3/t23-,28+/m1/s1. The zero-order valence-corrected chi connectivity index (χ0v) is 24.8. The van der Waals surface area contributed by atoms with E-state index in [4.69, 9.17) is 23.2 Å². The number of likely N-dealkylation sites (N-methyl/N-ethyl adjacent to an activating group) is 1. The van der Waals surface area contributed by atoms with Crippen LogP contribution in [-0.4, -0.2) is 46.7 Å². The molecule has 0 amide bonds. The van der Waals surface area contributed by atoms with E-state index in [-0.39, 0.29) is 35.9 Å². The first-order chi connectivity index (χ1) is 18.5.